The van der Waals surface area contributed by atoms with Gasteiger partial charge in [-0.2, -0.15) is 0 Å². The van der Waals surface area contributed by atoms with Crippen molar-refractivity contribution < 1.29 is 9.53 Å². The Hall–Kier alpha value is -1.55. The molecule has 3 rings (SSSR count). The molecule has 1 heterocycles. The molecule has 1 saturated carbocycles. The SMILES string of the molecule is CC1CCCCC1NC(=O)NCC1(c2ccccc2)CCOCC1. The number of ether oxygens (including phenoxy) is 1. The van der Waals surface area contributed by atoms with Crippen LogP contribution in [0.4, 0.5) is 4.79 Å². The quantitative estimate of drug-likeness (QED) is 0.886. The second-order valence-corrected chi connectivity index (χ2v) is 7.45. The maximum Gasteiger partial charge on any atom is 0.315 e. The van der Waals surface area contributed by atoms with Crippen molar-refractivity contribution in [3.8, 4) is 0 Å². The van der Waals surface area contributed by atoms with Crippen LogP contribution in [0.15, 0.2) is 30.3 Å². The van der Waals surface area contributed by atoms with Crippen LogP contribution in [0, 0.1) is 5.92 Å². The molecular weight excluding hydrogens is 300 g/mol. The Morgan fingerprint density at radius 2 is 1.88 bits per heavy atom. The molecule has 1 aromatic rings. The van der Waals surface area contributed by atoms with Gasteiger partial charge in [0.25, 0.3) is 0 Å². The van der Waals surface area contributed by atoms with Gasteiger partial charge < -0.3 is 15.4 Å². The topological polar surface area (TPSA) is 50.4 Å². The predicted molar refractivity (Wildman–Crippen MR) is 96.1 cm³/mol. The van der Waals surface area contributed by atoms with Gasteiger partial charge in [-0.1, -0.05) is 50.1 Å². The van der Waals surface area contributed by atoms with Crippen molar-refractivity contribution in [1.29, 1.82) is 0 Å². The molecule has 2 amide bonds. The number of urea groups is 1. The van der Waals surface area contributed by atoms with Crippen LogP contribution in [-0.2, 0) is 10.2 Å². The van der Waals surface area contributed by atoms with Crippen LogP contribution in [0.1, 0.15) is 51.0 Å². The smallest absolute Gasteiger partial charge is 0.315 e. The van der Waals surface area contributed by atoms with Gasteiger partial charge in [0.1, 0.15) is 0 Å². The number of carbonyl (C=O) groups excluding carboxylic acids is 1. The summed E-state index contributed by atoms with van der Waals surface area (Å²) in [6, 6.07) is 10.9. The Morgan fingerprint density at radius 1 is 1.17 bits per heavy atom. The van der Waals surface area contributed by atoms with E-state index in [1.165, 1.54) is 24.8 Å². The zero-order chi connectivity index (χ0) is 16.8. The van der Waals surface area contributed by atoms with E-state index in [-0.39, 0.29) is 11.4 Å². The molecule has 2 atom stereocenters. The first-order valence-corrected chi connectivity index (χ1v) is 9.37. The molecule has 4 nitrogen and oxygen atoms in total. The molecule has 2 fully saturated rings. The molecule has 2 unspecified atom stereocenters. The van der Waals surface area contributed by atoms with E-state index in [0.717, 1.165) is 32.5 Å². The number of benzene rings is 1. The summed E-state index contributed by atoms with van der Waals surface area (Å²) in [6.45, 7) is 4.44. The highest BCUT2D eigenvalue weighted by atomic mass is 16.5. The summed E-state index contributed by atoms with van der Waals surface area (Å²) in [5, 5.41) is 6.35. The number of carbonyl (C=O) groups is 1. The van der Waals surface area contributed by atoms with Crippen molar-refractivity contribution >= 4 is 6.03 Å². The van der Waals surface area contributed by atoms with Crippen LogP contribution in [-0.4, -0.2) is 31.8 Å². The van der Waals surface area contributed by atoms with E-state index in [1.807, 2.05) is 6.07 Å². The summed E-state index contributed by atoms with van der Waals surface area (Å²) >= 11 is 0. The molecule has 1 aliphatic heterocycles. The number of amides is 2. The van der Waals surface area contributed by atoms with Gasteiger partial charge in [-0.15, -0.1) is 0 Å². The average Bonchev–Trinajstić information content (AvgIpc) is 2.63. The van der Waals surface area contributed by atoms with E-state index in [9.17, 15) is 4.79 Å². The Kier molecular flexibility index (Phi) is 5.77. The van der Waals surface area contributed by atoms with E-state index in [4.69, 9.17) is 4.74 Å². The normalized spacial score (nSPS) is 26.5. The third-order valence-electron chi connectivity index (χ3n) is 5.85. The lowest BCUT2D eigenvalue weighted by molar-refractivity contribution is 0.0506. The lowest BCUT2D eigenvalue weighted by atomic mass is 9.74. The van der Waals surface area contributed by atoms with Gasteiger partial charge in [-0.05, 0) is 37.2 Å². The maximum atomic E-state index is 12.4. The second-order valence-electron chi connectivity index (χ2n) is 7.45. The summed E-state index contributed by atoms with van der Waals surface area (Å²) in [5.41, 5.74) is 1.30. The van der Waals surface area contributed by atoms with Crippen LogP contribution in [0.25, 0.3) is 0 Å². The molecule has 1 aromatic carbocycles. The fraction of sp³-hybridized carbons (Fsp3) is 0.650. The standard InChI is InChI=1S/C20H30N2O2/c1-16-7-5-6-10-18(16)22-19(23)21-15-20(11-13-24-14-12-20)17-8-3-2-4-9-17/h2-4,8-9,16,18H,5-7,10-15H2,1H3,(H2,21,22,23). The third kappa shape index (κ3) is 4.10. The van der Waals surface area contributed by atoms with E-state index in [1.54, 1.807) is 0 Å². The van der Waals surface area contributed by atoms with Crippen LogP contribution in [0.3, 0.4) is 0 Å². The molecule has 1 saturated heterocycles. The van der Waals surface area contributed by atoms with Gasteiger partial charge in [0.05, 0.1) is 0 Å². The second kappa shape index (κ2) is 8.02. The van der Waals surface area contributed by atoms with E-state index >= 15 is 0 Å². The predicted octanol–water partition coefficient (Wildman–Crippen LogP) is 3.61. The first-order valence-electron chi connectivity index (χ1n) is 9.37. The highest BCUT2D eigenvalue weighted by molar-refractivity contribution is 5.74. The van der Waals surface area contributed by atoms with Crippen molar-refractivity contribution in [3.05, 3.63) is 35.9 Å². The number of hydrogen-bond donors (Lipinski definition) is 2. The van der Waals surface area contributed by atoms with Crippen molar-refractivity contribution in [2.45, 2.75) is 56.9 Å². The summed E-state index contributed by atoms with van der Waals surface area (Å²) in [5.74, 6) is 0.579. The lowest BCUT2D eigenvalue weighted by Crippen LogP contribution is -2.51. The summed E-state index contributed by atoms with van der Waals surface area (Å²) in [4.78, 5) is 12.4. The third-order valence-corrected chi connectivity index (χ3v) is 5.85. The Balaban J connectivity index is 1.60. The summed E-state index contributed by atoms with van der Waals surface area (Å²) in [7, 11) is 0. The molecule has 1 aliphatic carbocycles. The first kappa shape index (κ1) is 17.3. The molecule has 0 aromatic heterocycles. The van der Waals surface area contributed by atoms with Gasteiger partial charge in [0, 0.05) is 31.2 Å². The molecule has 132 valence electrons. The van der Waals surface area contributed by atoms with Gasteiger partial charge in [0.2, 0.25) is 0 Å². The minimum Gasteiger partial charge on any atom is -0.381 e. The molecule has 0 bridgehead atoms. The largest absolute Gasteiger partial charge is 0.381 e. The first-order chi connectivity index (χ1) is 11.7. The van der Waals surface area contributed by atoms with Crippen LogP contribution >= 0.6 is 0 Å². The minimum absolute atomic E-state index is 0.00493. The molecule has 0 spiro atoms. The monoisotopic (exact) mass is 330 g/mol. The van der Waals surface area contributed by atoms with Crippen molar-refractivity contribution in [1.82, 2.24) is 10.6 Å². The number of hydrogen-bond acceptors (Lipinski definition) is 2. The Morgan fingerprint density at radius 3 is 2.58 bits per heavy atom. The summed E-state index contributed by atoms with van der Waals surface area (Å²) in [6.07, 6.45) is 6.75. The summed E-state index contributed by atoms with van der Waals surface area (Å²) < 4.78 is 5.56. The average molecular weight is 330 g/mol. The highest BCUT2D eigenvalue weighted by Gasteiger charge is 2.35. The number of rotatable bonds is 4. The number of nitrogens with one attached hydrogen (secondary N) is 2. The zero-order valence-corrected chi connectivity index (χ0v) is 14.7. The lowest BCUT2D eigenvalue weighted by Gasteiger charge is -2.38. The fourth-order valence-electron chi connectivity index (χ4n) is 4.12. The van der Waals surface area contributed by atoms with E-state index in [0.29, 0.717) is 18.5 Å². The molecule has 0 radical (unpaired) electrons. The van der Waals surface area contributed by atoms with Gasteiger partial charge in [-0.25, -0.2) is 4.79 Å². The fourth-order valence-corrected chi connectivity index (χ4v) is 4.12. The van der Waals surface area contributed by atoms with Crippen LogP contribution in [0.5, 0.6) is 0 Å². The molecular formula is C20H30N2O2. The Bertz CT molecular complexity index is 526. The van der Waals surface area contributed by atoms with Gasteiger partial charge in [-0.3, -0.25) is 0 Å². The maximum absolute atomic E-state index is 12.4. The van der Waals surface area contributed by atoms with Crippen LogP contribution in [0.2, 0.25) is 0 Å². The zero-order valence-electron chi connectivity index (χ0n) is 14.7. The van der Waals surface area contributed by atoms with Gasteiger partial charge >= 0.3 is 6.03 Å². The van der Waals surface area contributed by atoms with Crippen molar-refractivity contribution in [2.24, 2.45) is 5.92 Å². The molecule has 4 heteroatoms. The van der Waals surface area contributed by atoms with Crippen molar-refractivity contribution in [2.75, 3.05) is 19.8 Å². The van der Waals surface area contributed by atoms with Gasteiger partial charge in [0.15, 0.2) is 0 Å². The van der Waals surface area contributed by atoms with Crippen LogP contribution < -0.4 is 10.6 Å². The highest BCUT2D eigenvalue weighted by Crippen LogP contribution is 2.34. The van der Waals surface area contributed by atoms with E-state index < -0.39 is 0 Å². The minimum atomic E-state index is -0.0180. The Labute approximate surface area is 145 Å². The van der Waals surface area contributed by atoms with E-state index in [2.05, 4.69) is 41.8 Å². The molecule has 2 N–H and O–H groups in total. The van der Waals surface area contributed by atoms with Crippen molar-refractivity contribution in [3.63, 3.8) is 0 Å². The molecule has 24 heavy (non-hydrogen) atoms. The molecule has 2 aliphatic rings.